The zero-order valence-corrected chi connectivity index (χ0v) is 20.3. The van der Waals surface area contributed by atoms with Crippen LogP contribution in [0.4, 0.5) is 5.69 Å². The quantitative estimate of drug-likeness (QED) is 0.503. The molecule has 1 amide bonds. The molecular formula is C28H38N2O. The van der Waals surface area contributed by atoms with Gasteiger partial charge in [-0.2, -0.15) is 0 Å². The Hall–Kier alpha value is -2.55. The van der Waals surface area contributed by atoms with Gasteiger partial charge in [-0.1, -0.05) is 25.0 Å². The summed E-state index contributed by atoms with van der Waals surface area (Å²) in [7, 11) is 0. The summed E-state index contributed by atoms with van der Waals surface area (Å²) in [4.78, 5) is 12.7. The smallest absolute Gasteiger partial charge is 0.247 e. The second-order valence-corrected chi connectivity index (χ2v) is 9.45. The van der Waals surface area contributed by atoms with Crippen LogP contribution in [0.15, 0.2) is 29.8 Å². The van der Waals surface area contributed by atoms with Crippen LogP contribution in [0.25, 0.3) is 17.2 Å². The highest BCUT2D eigenvalue weighted by atomic mass is 16.1. The van der Waals surface area contributed by atoms with E-state index in [9.17, 15) is 4.79 Å². The van der Waals surface area contributed by atoms with Gasteiger partial charge in [-0.25, -0.2) is 0 Å². The average Bonchev–Trinajstić information content (AvgIpc) is 3.23. The highest BCUT2D eigenvalue weighted by Gasteiger charge is 2.19. The summed E-state index contributed by atoms with van der Waals surface area (Å²) in [6, 6.07) is 9.48. The Morgan fingerprint density at radius 1 is 0.935 bits per heavy atom. The molecular weight excluding hydrogens is 380 g/mol. The second-order valence-electron chi connectivity index (χ2n) is 9.45. The Bertz CT molecular complexity index is 948. The molecule has 2 aromatic carbocycles. The van der Waals surface area contributed by atoms with Crippen LogP contribution in [0.3, 0.4) is 0 Å². The fourth-order valence-corrected chi connectivity index (χ4v) is 4.71. The van der Waals surface area contributed by atoms with E-state index >= 15 is 0 Å². The van der Waals surface area contributed by atoms with Crippen molar-refractivity contribution in [2.24, 2.45) is 0 Å². The summed E-state index contributed by atoms with van der Waals surface area (Å²) in [6.07, 6.45) is 6.74. The van der Waals surface area contributed by atoms with E-state index in [1.807, 2.05) is 6.92 Å². The lowest BCUT2D eigenvalue weighted by Gasteiger charge is -2.20. The molecule has 0 heterocycles. The summed E-state index contributed by atoms with van der Waals surface area (Å²) < 4.78 is 0. The Labute approximate surface area is 188 Å². The Balaban J connectivity index is 1.93. The third-order valence-corrected chi connectivity index (χ3v) is 6.72. The van der Waals surface area contributed by atoms with Gasteiger partial charge in [0.25, 0.3) is 0 Å². The van der Waals surface area contributed by atoms with Gasteiger partial charge in [-0.3, -0.25) is 4.79 Å². The highest BCUT2D eigenvalue weighted by Crippen LogP contribution is 2.36. The Morgan fingerprint density at radius 3 is 2.00 bits per heavy atom. The number of anilines is 1. The minimum atomic E-state index is 0.0679. The van der Waals surface area contributed by atoms with E-state index in [1.165, 1.54) is 51.8 Å². The molecule has 1 aliphatic rings. The van der Waals surface area contributed by atoms with Gasteiger partial charge in [-0.15, -0.1) is 0 Å². The number of nitrogens with one attached hydrogen (secondary N) is 2. The van der Waals surface area contributed by atoms with Gasteiger partial charge in [0.2, 0.25) is 5.91 Å². The number of benzene rings is 2. The van der Waals surface area contributed by atoms with Gasteiger partial charge < -0.3 is 10.6 Å². The topological polar surface area (TPSA) is 41.1 Å². The van der Waals surface area contributed by atoms with E-state index in [0.717, 1.165) is 24.1 Å². The molecule has 1 saturated carbocycles. The molecule has 0 spiro atoms. The normalized spacial score (nSPS) is 14.9. The molecule has 1 aliphatic carbocycles. The van der Waals surface area contributed by atoms with Crippen molar-refractivity contribution < 1.29 is 4.79 Å². The number of amides is 1. The fraction of sp³-hybridized carbons (Fsp3) is 0.464. The summed E-state index contributed by atoms with van der Waals surface area (Å²) in [5.41, 5.74) is 10.7. The van der Waals surface area contributed by atoms with Gasteiger partial charge in [0.05, 0.1) is 0 Å². The minimum absolute atomic E-state index is 0.0679. The van der Waals surface area contributed by atoms with Crippen molar-refractivity contribution in [1.29, 1.82) is 0 Å². The van der Waals surface area contributed by atoms with Crippen LogP contribution in [-0.4, -0.2) is 18.0 Å². The van der Waals surface area contributed by atoms with E-state index in [2.05, 4.69) is 82.5 Å². The first-order valence-corrected chi connectivity index (χ1v) is 11.7. The lowest BCUT2D eigenvalue weighted by molar-refractivity contribution is -0.118. The highest BCUT2D eigenvalue weighted by molar-refractivity contribution is 5.98. The van der Waals surface area contributed by atoms with Gasteiger partial charge in [-0.05, 0) is 118 Å². The predicted molar refractivity (Wildman–Crippen MR) is 134 cm³/mol. The molecule has 31 heavy (non-hydrogen) atoms. The lowest BCUT2D eigenvalue weighted by Crippen LogP contribution is -2.33. The fourth-order valence-electron chi connectivity index (χ4n) is 4.71. The number of carbonyl (C=O) groups excluding carboxylic acids is 1. The van der Waals surface area contributed by atoms with Crippen molar-refractivity contribution in [2.45, 2.75) is 86.2 Å². The Kier molecular flexibility index (Phi) is 7.25. The zero-order valence-electron chi connectivity index (χ0n) is 20.3. The molecule has 2 aromatic rings. The van der Waals surface area contributed by atoms with Crippen molar-refractivity contribution in [1.82, 2.24) is 5.32 Å². The monoisotopic (exact) mass is 418 g/mol. The van der Waals surface area contributed by atoms with Crippen LogP contribution >= 0.6 is 0 Å². The molecule has 3 heteroatoms. The first-order chi connectivity index (χ1) is 14.7. The van der Waals surface area contributed by atoms with Crippen molar-refractivity contribution >= 4 is 17.7 Å². The molecule has 166 valence electrons. The molecule has 0 atom stereocenters. The van der Waals surface area contributed by atoms with Crippen LogP contribution in [0.2, 0.25) is 0 Å². The average molecular weight is 419 g/mol. The predicted octanol–water partition coefficient (Wildman–Crippen LogP) is 6.87. The molecule has 0 radical (unpaired) electrons. The molecule has 0 aliphatic heterocycles. The van der Waals surface area contributed by atoms with Crippen molar-refractivity contribution in [3.63, 3.8) is 0 Å². The third-order valence-electron chi connectivity index (χ3n) is 6.72. The molecule has 0 unspecified atom stereocenters. The van der Waals surface area contributed by atoms with Crippen molar-refractivity contribution in [2.75, 3.05) is 5.32 Å². The first-order valence-electron chi connectivity index (χ1n) is 11.7. The number of carbonyl (C=O) groups is 1. The molecule has 0 aromatic heterocycles. The number of hydrogen-bond acceptors (Lipinski definition) is 2. The molecule has 3 nitrogen and oxygen atoms in total. The van der Waals surface area contributed by atoms with Gasteiger partial charge >= 0.3 is 0 Å². The van der Waals surface area contributed by atoms with E-state index in [1.54, 1.807) is 0 Å². The van der Waals surface area contributed by atoms with Crippen LogP contribution in [0.5, 0.6) is 0 Å². The number of rotatable bonds is 6. The van der Waals surface area contributed by atoms with Crippen molar-refractivity contribution in [3.05, 3.63) is 57.7 Å². The summed E-state index contributed by atoms with van der Waals surface area (Å²) in [6.45, 7) is 15.0. The summed E-state index contributed by atoms with van der Waals surface area (Å²) in [5.74, 6) is 0.0679. The summed E-state index contributed by atoms with van der Waals surface area (Å²) in [5, 5.41) is 6.67. The number of hydrogen-bond donors (Lipinski definition) is 2. The van der Waals surface area contributed by atoms with Crippen LogP contribution < -0.4 is 10.6 Å². The van der Waals surface area contributed by atoms with E-state index in [0.29, 0.717) is 12.1 Å². The largest absolute Gasteiger partial charge is 0.383 e. The molecule has 3 rings (SSSR count). The minimum Gasteiger partial charge on any atom is -0.383 e. The summed E-state index contributed by atoms with van der Waals surface area (Å²) >= 11 is 0. The van der Waals surface area contributed by atoms with E-state index in [-0.39, 0.29) is 5.91 Å². The zero-order chi connectivity index (χ0) is 22.7. The maximum Gasteiger partial charge on any atom is 0.247 e. The SMILES string of the molecule is CC(=Cc1c(C)c(C)c(-c2ccc(NC(C)C)cc2)c(C)c1C)C(=O)NC1CCCC1. The van der Waals surface area contributed by atoms with E-state index in [4.69, 9.17) is 0 Å². The molecule has 2 N–H and O–H groups in total. The van der Waals surface area contributed by atoms with Crippen LogP contribution in [0.1, 0.15) is 74.3 Å². The maximum absolute atomic E-state index is 12.7. The van der Waals surface area contributed by atoms with Gasteiger partial charge in [0.1, 0.15) is 0 Å². The van der Waals surface area contributed by atoms with Crippen LogP contribution in [0, 0.1) is 27.7 Å². The molecule has 1 fully saturated rings. The second kappa shape index (κ2) is 9.72. The molecule has 0 saturated heterocycles. The van der Waals surface area contributed by atoms with E-state index < -0.39 is 0 Å². The third kappa shape index (κ3) is 5.20. The van der Waals surface area contributed by atoms with Gasteiger partial charge in [0, 0.05) is 23.3 Å². The maximum atomic E-state index is 12.7. The first kappa shape index (κ1) is 23.1. The lowest BCUT2D eigenvalue weighted by atomic mass is 9.85. The Morgan fingerprint density at radius 2 is 1.48 bits per heavy atom. The van der Waals surface area contributed by atoms with Gasteiger partial charge in [0.15, 0.2) is 0 Å². The standard InChI is InChI=1S/C28H38N2O/c1-17(2)29-25-14-12-23(13-15-25)27-21(6)19(4)26(20(5)22(27)7)16-18(3)28(31)30-24-10-8-9-11-24/h12-17,24,29H,8-11H2,1-7H3,(H,30,31). The van der Waals surface area contributed by atoms with Crippen LogP contribution in [-0.2, 0) is 4.79 Å². The molecule has 0 bridgehead atoms. The van der Waals surface area contributed by atoms with Crippen molar-refractivity contribution in [3.8, 4) is 11.1 Å².